The van der Waals surface area contributed by atoms with E-state index < -0.39 is 22.2 Å². The van der Waals surface area contributed by atoms with Crippen LogP contribution >= 0.6 is 0 Å². The highest BCUT2D eigenvalue weighted by Gasteiger charge is 2.33. The molecule has 2 amide bonds. The number of carbonyl (C=O) groups excluding carboxylic acids is 2. The lowest BCUT2D eigenvalue weighted by Crippen LogP contribution is -2.56. The number of alkyl carbamates (subject to hydrolysis) is 1. The van der Waals surface area contributed by atoms with Crippen molar-refractivity contribution in [2.45, 2.75) is 56.9 Å². The van der Waals surface area contributed by atoms with Gasteiger partial charge >= 0.3 is 6.09 Å². The summed E-state index contributed by atoms with van der Waals surface area (Å²) in [7, 11) is -2.34. The molecule has 0 saturated carbocycles. The summed E-state index contributed by atoms with van der Waals surface area (Å²) in [5.41, 5.74) is 2.38. The fourth-order valence-electron chi connectivity index (χ4n) is 4.28. The Morgan fingerprint density at radius 3 is 2.32 bits per heavy atom. The van der Waals surface area contributed by atoms with Crippen molar-refractivity contribution in [2.24, 2.45) is 5.92 Å². The first kappa shape index (κ1) is 23.5. The lowest BCUT2D eigenvalue weighted by atomic mass is 9.92. The molecule has 1 saturated heterocycles. The van der Waals surface area contributed by atoms with E-state index in [0.29, 0.717) is 24.4 Å². The molecular formula is C22H33N3O5S. The fraction of sp³-hybridized carbons (Fsp3) is 0.636. The number of sulfonamides is 1. The van der Waals surface area contributed by atoms with Gasteiger partial charge in [0.1, 0.15) is 6.04 Å². The van der Waals surface area contributed by atoms with Crippen LogP contribution < -0.4 is 5.32 Å². The molecule has 9 heteroatoms. The predicted octanol–water partition coefficient (Wildman–Crippen LogP) is 2.17. The number of hydrogen-bond donors (Lipinski definition) is 1. The molecule has 0 spiro atoms. The molecule has 1 aromatic rings. The van der Waals surface area contributed by atoms with Crippen LogP contribution in [0.25, 0.3) is 0 Å². The van der Waals surface area contributed by atoms with Crippen LogP contribution in [0.1, 0.15) is 44.2 Å². The van der Waals surface area contributed by atoms with E-state index in [2.05, 4.69) is 10.1 Å². The van der Waals surface area contributed by atoms with Crippen LogP contribution in [0, 0.1) is 5.92 Å². The van der Waals surface area contributed by atoms with Gasteiger partial charge in [-0.2, -0.15) is 4.31 Å². The SMILES string of the molecule is COC(=O)NC(CC(C)C)C(=O)N1CCN(S(=O)(=O)c2ccc3c(c2)CCCC3)CC1. The molecule has 1 atom stereocenters. The summed E-state index contributed by atoms with van der Waals surface area (Å²) < 4.78 is 32.4. The van der Waals surface area contributed by atoms with Gasteiger partial charge in [0, 0.05) is 26.2 Å². The molecule has 1 heterocycles. The molecule has 8 nitrogen and oxygen atoms in total. The highest BCUT2D eigenvalue weighted by Crippen LogP contribution is 2.26. The van der Waals surface area contributed by atoms with E-state index in [1.807, 2.05) is 26.0 Å². The van der Waals surface area contributed by atoms with Gasteiger partial charge < -0.3 is 15.0 Å². The molecule has 1 fully saturated rings. The summed E-state index contributed by atoms with van der Waals surface area (Å²) in [6.45, 7) is 5.00. The lowest BCUT2D eigenvalue weighted by Gasteiger charge is -2.36. The Labute approximate surface area is 185 Å². The van der Waals surface area contributed by atoms with Gasteiger partial charge in [0.15, 0.2) is 0 Å². The largest absolute Gasteiger partial charge is 0.453 e. The van der Waals surface area contributed by atoms with Crippen LogP contribution in [0.3, 0.4) is 0 Å². The molecule has 1 aliphatic carbocycles. The second-order valence-corrected chi connectivity index (χ2v) is 10.6. The molecule has 0 bridgehead atoms. The van der Waals surface area contributed by atoms with Crippen molar-refractivity contribution in [3.05, 3.63) is 29.3 Å². The first-order valence-corrected chi connectivity index (χ1v) is 12.4. The topological polar surface area (TPSA) is 96.0 Å². The van der Waals surface area contributed by atoms with Crippen molar-refractivity contribution in [1.82, 2.24) is 14.5 Å². The molecule has 1 N–H and O–H groups in total. The Morgan fingerprint density at radius 1 is 1.06 bits per heavy atom. The number of carbonyl (C=O) groups is 2. The normalized spacial score (nSPS) is 18.4. The zero-order chi connectivity index (χ0) is 22.6. The number of amides is 2. The van der Waals surface area contributed by atoms with Gasteiger partial charge in [0.05, 0.1) is 12.0 Å². The zero-order valence-electron chi connectivity index (χ0n) is 18.6. The summed E-state index contributed by atoms with van der Waals surface area (Å²) in [6.07, 6.45) is 4.01. The Bertz CT molecular complexity index is 908. The van der Waals surface area contributed by atoms with Gasteiger partial charge in [0.25, 0.3) is 0 Å². The van der Waals surface area contributed by atoms with E-state index in [0.717, 1.165) is 31.2 Å². The minimum Gasteiger partial charge on any atom is -0.453 e. The second-order valence-electron chi connectivity index (χ2n) is 8.69. The zero-order valence-corrected chi connectivity index (χ0v) is 19.4. The smallest absolute Gasteiger partial charge is 0.407 e. The molecule has 1 aromatic carbocycles. The average Bonchev–Trinajstić information content (AvgIpc) is 2.77. The van der Waals surface area contributed by atoms with E-state index >= 15 is 0 Å². The number of benzene rings is 1. The van der Waals surface area contributed by atoms with Crippen LogP contribution in [0.2, 0.25) is 0 Å². The minimum atomic E-state index is -3.60. The van der Waals surface area contributed by atoms with E-state index in [9.17, 15) is 18.0 Å². The third-order valence-corrected chi connectivity index (χ3v) is 7.89. The monoisotopic (exact) mass is 451 g/mol. The summed E-state index contributed by atoms with van der Waals surface area (Å²) in [5, 5.41) is 2.61. The summed E-state index contributed by atoms with van der Waals surface area (Å²) in [6, 6.07) is 4.78. The third-order valence-electron chi connectivity index (χ3n) is 5.99. The first-order chi connectivity index (χ1) is 14.7. The number of fused-ring (bicyclic) bond motifs is 1. The predicted molar refractivity (Wildman–Crippen MR) is 117 cm³/mol. The number of nitrogens with zero attached hydrogens (tertiary/aromatic N) is 2. The summed E-state index contributed by atoms with van der Waals surface area (Å²) >= 11 is 0. The van der Waals surface area contributed by atoms with E-state index in [1.54, 1.807) is 11.0 Å². The average molecular weight is 452 g/mol. The minimum absolute atomic E-state index is 0.204. The van der Waals surface area contributed by atoms with Crippen molar-refractivity contribution >= 4 is 22.0 Å². The molecule has 0 radical (unpaired) electrons. The molecule has 31 heavy (non-hydrogen) atoms. The van der Waals surface area contributed by atoms with Crippen molar-refractivity contribution in [1.29, 1.82) is 0 Å². The van der Waals surface area contributed by atoms with Crippen molar-refractivity contribution in [3.8, 4) is 0 Å². The van der Waals surface area contributed by atoms with Crippen molar-refractivity contribution in [3.63, 3.8) is 0 Å². The van der Waals surface area contributed by atoms with Crippen LogP contribution in [-0.4, -0.2) is 69.0 Å². The van der Waals surface area contributed by atoms with Gasteiger partial charge in [-0.25, -0.2) is 13.2 Å². The third kappa shape index (κ3) is 5.57. The van der Waals surface area contributed by atoms with Gasteiger partial charge in [-0.3, -0.25) is 4.79 Å². The molecule has 0 aromatic heterocycles. The molecular weight excluding hydrogens is 418 g/mol. The van der Waals surface area contributed by atoms with Gasteiger partial charge in [-0.1, -0.05) is 19.9 Å². The number of hydrogen-bond acceptors (Lipinski definition) is 5. The number of rotatable bonds is 6. The van der Waals surface area contributed by atoms with Gasteiger partial charge in [-0.15, -0.1) is 0 Å². The summed E-state index contributed by atoms with van der Waals surface area (Å²) in [5.74, 6) is 0.00158. The Balaban J connectivity index is 1.66. The van der Waals surface area contributed by atoms with Crippen LogP contribution in [0.15, 0.2) is 23.1 Å². The highest BCUT2D eigenvalue weighted by molar-refractivity contribution is 7.89. The number of ether oxygens (including phenoxy) is 1. The van der Waals surface area contributed by atoms with Crippen molar-refractivity contribution < 1.29 is 22.7 Å². The van der Waals surface area contributed by atoms with Crippen molar-refractivity contribution in [2.75, 3.05) is 33.3 Å². The molecule has 3 rings (SSSR count). The molecule has 2 aliphatic rings. The maximum Gasteiger partial charge on any atom is 0.407 e. The van der Waals surface area contributed by atoms with Crippen LogP contribution in [0.5, 0.6) is 0 Å². The first-order valence-electron chi connectivity index (χ1n) is 11.0. The van der Waals surface area contributed by atoms with Crippen LogP contribution in [0.4, 0.5) is 4.79 Å². The number of piperazine rings is 1. The number of aryl methyl sites for hydroxylation is 2. The van der Waals surface area contributed by atoms with Gasteiger partial charge in [0.2, 0.25) is 15.9 Å². The number of nitrogens with one attached hydrogen (secondary N) is 1. The quantitative estimate of drug-likeness (QED) is 0.715. The lowest BCUT2D eigenvalue weighted by molar-refractivity contribution is -0.135. The Morgan fingerprint density at radius 2 is 1.71 bits per heavy atom. The maximum atomic E-state index is 13.2. The van der Waals surface area contributed by atoms with E-state index in [1.165, 1.54) is 17.0 Å². The fourth-order valence-corrected chi connectivity index (χ4v) is 5.76. The molecule has 1 unspecified atom stereocenters. The summed E-state index contributed by atoms with van der Waals surface area (Å²) in [4.78, 5) is 26.6. The molecule has 172 valence electrons. The maximum absolute atomic E-state index is 13.2. The van der Waals surface area contributed by atoms with E-state index in [-0.39, 0.29) is 24.9 Å². The van der Waals surface area contributed by atoms with Gasteiger partial charge in [-0.05, 0) is 61.3 Å². The highest BCUT2D eigenvalue weighted by atomic mass is 32.2. The Kier molecular flexibility index (Phi) is 7.59. The number of methoxy groups -OCH3 is 1. The second kappa shape index (κ2) is 9.99. The van der Waals surface area contributed by atoms with Crippen LogP contribution in [-0.2, 0) is 32.4 Å². The van der Waals surface area contributed by atoms with E-state index in [4.69, 9.17) is 0 Å². The molecule has 1 aliphatic heterocycles. The Hall–Kier alpha value is -2.13. The standard InChI is InChI=1S/C22H33N3O5S/c1-16(2)14-20(23-22(27)30-3)21(26)24-10-12-25(13-11-24)31(28,29)19-9-8-17-6-4-5-7-18(17)15-19/h8-9,15-16,20H,4-7,10-14H2,1-3H3,(H,23,27).